The smallest absolute Gasteiger partial charge is 0.121 e. The second kappa shape index (κ2) is 6.39. The lowest BCUT2D eigenvalue weighted by atomic mass is 9.82. The monoisotopic (exact) mass is 283 g/mol. The van der Waals surface area contributed by atoms with Gasteiger partial charge in [0.15, 0.2) is 0 Å². The number of rotatable bonds is 4. The lowest BCUT2D eigenvalue weighted by molar-refractivity contribution is -0.124. The van der Waals surface area contributed by atoms with Crippen LogP contribution in [0.3, 0.4) is 0 Å². The van der Waals surface area contributed by atoms with Gasteiger partial charge >= 0.3 is 0 Å². The highest BCUT2D eigenvalue weighted by molar-refractivity contribution is 5.28. The zero-order chi connectivity index (χ0) is 14.5. The zero-order valence-electron chi connectivity index (χ0n) is 12.0. The summed E-state index contributed by atoms with van der Waals surface area (Å²) in [6.45, 7) is 2.14. The third kappa shape index (κ3) is 3.16. The molecule has 0 aliphatic carbocycles. The van der Waals surface area contributed by atoms with E-state index in [0.29, 0.717) is 19.6 Å². The zero-order valence-corrected chi connectivity index (χ0v) is 12.0. The van der Waals surface area contributed by atoms with Crippen LogP contribution in [-0.2, 0) is 16.8 Å². The maximum absolute atomic E-state index is 11.4. The Hall–Kier alpha value is -1.68. The van der Waals surface area contributed by atoms with Gasteiger partial charge in [-0.05, 0) is 11.1 Å². The summed E-state index contributed by atoms with van der Waals surface area (Å²) in [5, 5.41) is 14.7. The van der Waals surface area contributed by atoms with Gasteiger partial charge < -0.3 is 15.2 Å². The van der Waals surface area contributed by atoms with Crippen LogP contribution in [0.4, 0.5) is 0 Å². The van der Waals surface area contributed by atoms with E-state index < -0.39 is 5.60 Å². The highest BCUT2D eigenvalue weighted by Gasteiger charge is 2.40. The molecule has 1 heterocycles. The molecule has 21 heavy (non-hydrogen) atoms. The molecule has 1 fully saturated rings. The first-order chi connectivity index (χ1) is 10.3. The fourth-order valence-electron chi connectivity index (χ4n) is 2.91. The Morgan fingerprint density at radius 1 is 1.05 bits per heavy atom. The van der Waals surface area contributed by atoms with Crippen molar-refractivity contribution in [1.82, 2.24) is 5.32 Å². The van der Waals surface area contributed by atoms with Crippen molar-refractivity contribution in [3.8, 4) is 0 Å². The fourth-order valence-corrected chi connectivity index (χ4v) is 2.91. The molecule has 2 aromatic rings. The van der Waals surface area contributed by atoms with Crippen molar-refractivity contribution in [1.29, 1.82) is 0 Å². The number of morpholine rings is 1. The molecule has 1 aliphatic rings. The van der Waals surface area contributed by atoms with Crippen LogP contribution in [0.15, 0.2) is 60.7 Å². The van der Waals surface area contributed by atoms with Crippen LogP contribution < -0.4 is 5.32 Å². The van der Waals surface area contributed by atoms with Crippen LogP contribution in [-0.4, -0.2) is 30.9 Å². The van der Waals surface area contributed by atoms with Gasteiger partial charge in [0.1, 0.15) is 11.7 Å². The Labute approximate surface area is 125 Å². The molecule has 0 saturated carbocycles. The molecule has 3 nitrogen and oxygen atoms in total. The van der Waals surface area contributed by atoms with E-state index in [4.69, 9.17) is 4.74 Å². The van der Waals surface area contributed by atoms with Gasteiger partial charge in [-0.1, -0.05) is 60.7 Å². The molecule has 110 valence electrons. The molecular weight excluding hydrogens is 262 g/mol. The van der Waals surface area contributed by atoms with Crippen LogP contribution >= 0.6 is 0 Å². The van der Waals surface area contributed by atoms with E-state index in [1.165, 1.54) is 0 Å². The summed E-state index contributed by atoms with van der Waals surface area (Å²) < 4.78 is 5.86. The van der Waals surface area contributed by atoms with Crippen LogP contribution in [0.2, 0.25) is 0 Å². The fraction of sp³-hybridized carbons (Fsp3) is 0.333. The van der Waals surface area contributed by atoms with Gasteiger partial charge in [-0.15, -0.1) is 0 Å². The third-order valence-electron chi connectivity index (χ3n) is 4.05. The van der Waals surface area contributed by atoms with Gasteiger partial charge in [0.2, 0.25) is 0 Å². The summed E-state index contributed by atoms with van der Waals surface area (Å²) in [6.07, 6.45) is 0.304. The average molecular weight is 283 g/mol. The second-order valence-corrected chi connectivity index (χ2v) is 5.52. The Balaban J connectivity index is 1.94. The molecule has 1 aliphatic heterocycles. The minimum absolute atomic E-state index is 0.242. The van der Waals surface area contributed by atoms with Crippen molar-refractivity contribution >= 4 is 0 Å². The molecule has 1 unspecified atom stereocenters. The molecule has 0 bridgehead atoms. The molecule has 2 N–H and O–H groups in total. The van der Waals surface area contributed by atoms with Crippen molar-refractivity contribution in [3.63, 3.8) is 0 Å². The average Bonchev–Trinajstić information content (AvgIpc) is 2.57. The highest BCUT2D eigenvalue weighted by atomic mass is 16.5. The molecular formula is C18H21NO2. The Kier molecular flexibility index (Phi) is 4.34. The molecule has 0 aromatic heterocycles. The molecule has 0 amide bonds. The number of hydrogen-bond donors (Lipinski definition) is 2. The van der Waals surface area contributed by atoms with E-state index in [2.05, 4.69) is 5.32 Å². The molecule has 2 atom stereocenters. The topological polar surface area (TPSA) is 41.5 Å². The van der Waals surface area contributed by atoms with E-state index in [-0.39, 0.29) is 6.10 Å². The van der Waals surface area contributed by atoms with Crippen molar-refractivity contribution in [3.05, 3.63) is 71.8 Å². The van der Waals surface area contributed by atoms with Gasteiger partial charge in [-0.2, -0.15) is 0 Å². The number of nitrogens with one attached hydrogen (secondary N) is 1. The largest absolute Gasteiger partial charge is 0.382 e. The van der Waals surface area contributed by atoms with E-state index in [1.54, 1.807) is 0 Å². The van der Waals surface area contributed by atoms with Gasteiger partial charge in [-0.25, -0.2) is 0 Å². The van der Waals surface area contributed by atoms with Gasteiger partial charge in [0.05, 0.1) is 6.61 Å². The number of ether oxygens (including phenoxy) is 1. The normalized spacial score (nSPS) is 21.7. The molecule has 3 heteroatoms. The van der Waals surface area contributed by atoms with Crippen LogP contribution in [0.5, 0.6) is 0 Å². The van der Waals surface area contributed by atoms with Gasteiger partial charge in [0.25, 0.3) is 0 Å². The molecule has 0 spiro atoms. The number of aliphatic hydroxyl groups is 1. The Morgan fingerprint density at radius 2 is 1.71 bits per heavy atom. The number of hydrogen-bond acceptors (Lipinski definition) is 3. The quantitative estimate of drug-likeness (QED) is 0.903. The van der Waals surface area contributed by atoms with Crippen molar-refractivity contribution in [2.24, 2.45) is 0 Å². The lowest BCUT2D eigenvalue weighted by Gasteiger charge is -2.39. The summed E-state index contributed by atoms with van der Waals surface area (Å²) >= 11 is 0. The van der Waals surface area contributed by atoms with Crippen molar-refractivity contribution < 1.29 is 9.84 Å². The van der Waals surface area contributed by atoms with Crippen LogP contribution in [0, 0.1) is 0 Å². The summed E-state index contributed by atoms with van der Waals surface area (Å²) in [4.78, 5) is 0. The number of benzene rings is 2. The third-order valence-corrected chi connectivity index (χ3v) is 4.05. The summed E-state index contributed by atoms with van der Waals surface area (Å²) in [5.74, 6) is 0. The summed E-state index contributed by atoms with van der Waals surface area (Å²) in [6, 6.07) is 19.9. The Morgan fingerprint density at radius 3 is 2.33 bits per heavy atom. The highest BCUT2D eigenvalue weighted by Crippen LogP contribution is 2.31. The maximum Gasteiger partial charge on any atom is 0.121 e. The standard InChI is InChI=1S/C18H21NO2/c20-18(16-9-5-2-6-10-16,17-14-19-11-12-21-17)13-15-7-3-1-4-8-15/h1-10,17,19-20H,11-14H2/t17?,18-/m1/s1. The minimum Gasteiger partial charge on any atom is -0.382 e. The van der Waals surface area contributed by atoms with E-state index >= 15 is 0 Å². The first kappa shape index (κ1) is 14.3. The van der Waals surface area contributed by atoms with Gasteiger partial charge in [0, 0.05) is 19.5 Å². The predicted octanol–water partition coefficient (Wildman–Crippen LogP) is 2.11. The molecule has 1 saturated heterocycles. The molecule has 2 aromatic carbocycles. The van der Waals surface area contributed by atoms with E-state index in [1.807, 2.05) is 60.7 Å². The summed E-state index contributed by atoms with van der Waals surface area (Å²) in [7, 11) is 0. The summed E-state index contributed by atoms with van der Waals surface area (Å²) in [5.41, 5.74) is 0.997. The van der Waals surface area contributed by atoms with Gasteiger partial charge in [-0.3, -0.25) is 0 Å². The van der Waals surface area contributed by atoms with Crippen molar-refractivity contribution in [2.75, 3.05) is 19.7 Å². The van der Waals surface area contributed by atoms with E-state index in [0.717, 1.165) is 17.7 Å². The molecule has 3 rings (SSSR count). The van der Waals surface area contributed by atoms with Crippen LogP contribution in [0.25, 0.3) is 0 Å². The first-order valence-electron chi connectivity index (χ1n) is 7.43. The SMILES string of the molecule is O[C@](Cc1ccccc1)(c1ccccc1)C1CNCCO1. The first-order valence-corrected chi connectivity index (χ1v) is 7.43. The Bertz CT molecular complexity index is 552. The van der Waals surface area contributed by atoms with Crippen LogP contribution in [0.1, 0.15) is 11.1 Å². The second-order valence-electron chi connectivity index (χ2n) is 5.52. The van der Waals surface area contributed by atoms with Crippen molar-refractivity contribution in [2.45, 2.75) is 18.1 Å². The minimum atomic E-state index is -1.02. The predicted molar refractivity (Wildman–Crippen MR) is 83.1 cm³/mol. The van der Waals surface area contributed by atoms with E-state index in [9.17, 15) is 5.11 Å². The maximum atomic E-state index is 11.4. The molecule has 0 radical (unpaired) electrons. The lowest BCUT2D eigenvalue weighted by Crippen LogP contribution is -2.52.